The molecule has 0 radical (unpaired) electrons. The Labute approximate surface area is 204 Å². The quantitative estimate of drug-likeness (QED) is 0.474. The first kappa shape index (κ1) is 24.0. The van der Waals surface area contributed by atoms with Crippen molar-refractivity contribution in [2.75, 3.05) is 25.9 Å². The van der Waals surface area contributed by atoms with Crippen LogP contribution in [-0.4, -0.2) is 76.1 Å². The van der Waals surface area contributed by atoms with Gasteiger partial charge in [-0.2, -0.15) is 4.31 Å². The molecule has 1 spiro atoms. The molecule has 2 atom stereocenters. The molecule has 11 heteroatoms. The number of aromatic nitrogens is 2. The van der Waals surface area contributed by atoms with Gasteiger partial charge >= 0.3 is 0 Å². The van der Waals surface area contributed by atoms with Crippen LogP contribution in [0.15, 0.2) is 30.6 Å². The van der Waals surface area contributed by atoms with Gasteiger partial charge in [0, 0.05) is 26.2 Å². The van der Waals surface area contributed by atoms with Gasteiger partial charge in [0.1, 0.15) is 6.04 Å². The Kier molecular flexibility index (Phi) is 5.97. The highest BCUT2D eigenvalue weighted by Gasteiger charge is 2.58. The molecular weight excluding hydrogens is 470 g/mol. The van der Waals surface area contributed by atoms with Gasteiger partial charge in [-0.1, -0.05) is 12.1 Å². The molecule has 35 heavy (non-hydrogen) atoms. The van der Waals surface area contributed by atoms with E-state index in [1.165, 1.54) is 4.31 Å². The Morgan fingerprint density at radius 2 is 2.06 bits per heavy atom. The van der Waals surface area contributed by atoms with Crippen LogP contribution in [0.3, 0.4) is 0 Å². The summed E-state index contributed by atoms with van der Waals surface area (Å²) in [5.41, 5.74) is 5.56. The van der Waals surface area contributed by atoms with Gasteiger partial charge in [0.25, 0.3) is 0 Å². The van der Waals surface area contributed by atoms with Crippen LogP contribution in [0, 0.1) is 11.3 Å². The molecule has 2 amide bonds. The number of fused-ring (bicyclic) bond motifs is 1. The second kappa shape index (κ2) is 8.72. The Morgan fingerprint density at radius 3 is 2.66 bits per heavy atom. The summed E-state index contributed by atoms with van der Waals surface area (Å²) in [7, 11) is -3.74. The van der Waals surface area contributed by atoms with E-state index in [4.69, 9.17) is 0 Å². The molecule has 2 aromatic rings. The lowest BCUT2D eigenvalue weighted by molar-refractivity contribution is -0.148. The highest BCUT2D eigenvalue weighted by Crippen LogP contribution is 2.55. The van der Waals surface area contributed by atoms with E-state index >= 15 is 0 Å². The predicted octanol–water partition coefficient (Wildman–Crippen LogP) is 1.61. The number of rotatable bonds is 5. The lowest BCUT2D eigenvalue weighted by Crippen LogP contribution is -2.61. The molecule has 5 rings (SSSR count). The summed E-state index contributed by atoms with van der Waals surface area (Å²) in [5, 5.41) is 9.33. The van der Waals surface area contributed by atoms with Crippen molar-refractivity contribution in [2.24, 2.45) is 11.3 Å². The average Bonchev–Trinajstić information content (AvgIpc) is 3.47. The van der Waals surface area contributed by atoms with Crippen molar-refractivity contribution in [3.63, 3.8) is 0 Å². The number of nitrogens with one attached hydrogen (secondary N) is 1. The van der Waals surface area contributed by atoms with E-state index in [0.717, 1.165) is 47.8 Å². The van der Waals surface area contributed by atoms with Crippen LogP contribution in [0.1, 0.15) is 38.2 Å². The van der Waals surface area contributed by atoms with E-state index in [1.54, 1.807) is 10.4 Å². The number of carbonyl (C=O) groups excluding carboxylic acids is 2. The van der Waals surface area contributed by atoms with Crippen LogP contribution in [0.5, 0.6) is 0 Å². The summed E-state index contributed by atoms with van der Waals surface area (Å²) in [6, 6.07) is 4.97. The number of hydrogen-bond acceptors (Lipinski definition) is 6. The molecule has 1 aromatic heterocycles. The maximum Gasteiger partial charge on any atom is 0.248 e. The molecule has 3 aliphatic rings. The van der Waals surface area contributed by atoms with E-state index in [2.05, 4.69) is 22.5 Å². The van der Waals surface area contributed by atoms with Gasteiger partial charge in [0.05, 0.1) is 29.5 Å². The lowest BCUT2D eigenvalue weighted by atomic mass is 9.81. The van der Waals surface area contributed by atoms with Crippen LogP contribution in [-0.2, 0) is 26.2 Å². The monoisotopic (exact) mass is 501 g/mol. The summed E-state index contributed by atoms with van der Waals surface area (Å²) in [6.45, 7) is 3.87. The lowest BCUT2D eigenvalue weighted by Gasteiger charge is -2.44. The van der Waals surface area contributed by atoms with Gasteiger partial charge < -0.3 is 9.47 Å². The number of carbonyl (C=O) groups is 2. The maximum atomic E-state index is 13.7. The topological polar surface area (TPSA) is 125 Å². The van der Waals surface area contributed by atoms with Crippen LogP contribution in [0.2, 0.25) is 0 Å². The minimum absolute atomic E-state index is 0.234. The van der Waals surface area contributed by atoms with Gasteiger partial charge in [-0.15, -0.1) is 0 Å². The molecule has 2 N–H and O–H groups in total. The molecule has 1 saturated carbocycles. The fourth-order valence-electron chi connectivity index (χ4n) is 5.58. The van der Waals surface area contributed by atoms with Crippen LogP contribution in [0.25, 0.3) is 16.6 Å². The highest BCUT2D eigenvalue weighted by atomic mass is 32.2. The Hall–Kier alpha value is -2.76. The largest absolute Gasteiger partial charge is 0.337 e. The highest BCUT2D eigenvalue weighted by molar-refractivity contribution is 7.88. The van der Waals surface area contributed by atoms with Crippen LogP contribution >= 0.6 is 0 Å². The Balaban J connectivity index is 1.40. The predicted molar refractivity (Wildman–Crippen MR) is 130 cm³/mol. The van der Waals surface area contributed by atoms with E-state index < -0.39 is 33.8 Å². The fourth-order valence-corrected chi connectivity index (χ4v) is 6.73. The summed E-state index contributed by atoms with van der Waals surface area (Å²) in [6.07, 6.45) is 7.52. The molecule has 2 fully saturated rings. The van der Waals surface area contributed by atoms with E-state index in [1.807, 2.05) is 24.5 Å². The smallest absolute Gasteiger partial charge is 0.248 e. The van der Waals surface area contributed by atoms with Crippen molar-refractivity contribution in [1.82, 2.24) is 24.2 Å². The number of nitrogens with zero attached hydrogens (tertiary/aromatic N) is 4. The molecule has 188 valence electrons. The molecular formula is C24H31N5O5S. The van der Waals surface area contributed by atoms with E-state index in [0.29, 0.717) is 25.9 Å². The number of sulfonamides is 1. The van der Waals surface area contributed by atoms with Crippen molar-refractivity contribution in [2.45, 2.75) is 45.2 Å². The maximum absolute atomic E-state index is 13.7. The van der Waals surface area contributed by atoms with Gasteiger partial charge in [0.2, 0.25) is 21.8 Å². The van der Waals surface area contributed by atoms with Crippen LogP contribution in [0.4, 0.5) is 0 Å². The molecule has 1 saturated heterocycles. The zero-order chi connectivity index (χ0) is 25.0. The van der Waals surface area contributed by atoms with Crippen LogP contribution < -0.4 is 5.48 Å². The third kappa shape index (κ3) is 4.36. The normalized spacial score (nSPS) is 24.4. The molecule has 0 unspecified atom stereocenters. The molecule has 1 aromatic carbocycles. The first-order chi connectivity index (χ1) is 16.7. The van der Waals surface area contributed by atoms with Crippen molar-refractivity contribution >= 4 is 38.4 Å². The average molecular weight is 502 g/mol. The summed E-state index contributed by atoms with van der Waals surface area (Å²) in [5.74, 6) is -2.04. The second-order valence-electron chi connectivity index (χ2n) is 10.0. The fraction of sp³-hybridized carbons (Fsp3) is 0.542. The number of aryl methyl sites for hydroxylation is 1. The number of hydrogen-bond donors (Lipinski definition) is 2. The molecule has 10 nitrogen and oxygen atoms in total. The third-order valence-corrected chi connectivity index (χ3v) is 8.98. The molecule has 0 bridgehead atoms. The number of hydroxylamine groups is 1. The zero-order valence-electron chi connectivity index (χ0n) is 20.0. The number of amides is 2. The molecule has 1 aliphatic carbocycles. The standard InChI is InChI=1S/C24H31N5O5S/c1-3-27-15-25-19-5-4-17(12-20(19)27)16-6-10-28(11-7-16)23(31)21-18(22(30)26-32)13-24(8-9-24)14-29(21)35(2,33)34/h4-6,12,15,18,21,32H,3,7-11,13-14H2,1-2H3,(H,26,30)/t18-,21-/m0/s1. The summed E-state index contributed by atoms with van der Waals surface area (Å²) < 4.78 is 28.6. The Bertz CT molecular complexity index is 1310. The molecule has 2 aliphatic heterocycles. The minimum Gasteiger partial charge on any atom is -0.337 e. The first-order valence-corrected chi connectivity index (χ1v) is 13.8. The van der Waals surface area contributed by atoms with Gasteiger partial charge in [-0.05, 0) is 61.3 Å². The van der Waals surface area contributed by atoms with Crippen molar-refractivity contribution in [3.8, 4) is 0 Å². The van der Waals surface area contributed by atoms with E-state index in [-0.39, 0.29) is 12.0 Å². The summed E-state index contributed by atoms with van der Waals surface area (Å²) >= 11 is 0. The zero-order valence-corrected chi connectivity index (χ0v) is 20.8. The third-order valence-electron chi connectivity index (χ3n) is 7.77. The number of imidazole rings is 1. The molecule has 3 heterocycles. The number of piperidine rings is 1. The SMILES string of the molecule is CCn1cnc2ccc(C3=CCN(C(=O)[C@@H]4[C@@H](C(=O)NO)CC5(CC5)CN4S(C)(=O)=O)CC3)cc21. The first-order valence-electron chi connectivity index (χ1n) is 12.0. The van der Waals surface area contributed by atoms with Gasteiger partial charge in [-0.25, -0.2) is 18.9 Å². The van der Waals surface area contributed by atoms with Crippen molar-refractivity contribution < 1.29 is 23.2 Å². The summed E-state index contributed by atoms with van der Waals surface area (Å²) in [4.78, 5) is 32.2. The van der Waals surface area contributed by atoms with Gasteiger partial charge in [0.15, 0.2) is 0 Å². The number of benzene rings is 1. The van der Waals surface area contributed by atoms with Crippen molar-refractivity contribution in [3.05, 3.63) is 36.2 Å². The minimum atomic E-state index is -3.74. The second-order valence-corrected chi connectivity index (χ2v) is 12.0. The van der Waals surface area contributed by atoms with Crippen molar-refractivity contribution in [1.29, 1.82) is 0 Å². The van der Waals surface area contributed by atoms with E-state index in [9.17, 15) is 23.2 Å². The Morgan fingerprint density at radius 1 is 1.29 bits per heavy atom. The van der Waals surface area contributed by atoms with Gasteiger partial charge in [-0.3, -0.25) is 14.8 Å².